The van der Waals surface area contributed by atoms with Crippen molar-refractivity contribution in [2.45, 2.75) is 21.9 Å². The number of nitrogens with one attached hydrogen (secondary N) is 1. The molecule has 1 aromatic heterocycles. The first-order chi connectivity index (χ1) is 13.2. The molecule has 0 aliphatic rings. The Labute approximate surface area is 167 Å². The number of hydrogen-bond acceptors (Lipinski definition) is 6. The molecule has 0 radical (unpaired) electrons. The second-order valence-corrected chi connectivity index (χ2v) is 7.63. The monoisotopic (exact) mass is 397 g/mol. The van der Waals surface area contributed by atoms with E-state index in [1.54, 1.807) is 19.5 Å². The van der Waals surface area contributed by atoms with Crippen LogP contribution < -0.4 is 10.1 Å². The molecule has 7 heteroatoms. The summed E-state index contributed by atoms with van der Waals surface area (Å²) in [5.41, 5.74) is 1.73. The van der Waals surface area contributed by atoms with Crippen molar-refractivity contribution in [1.29, 1.82) is 0 Å². The maximum Gasteiger partial charge on any atom is 0.234 e. The number of carbonyl (C=O) groups excluding carboxylic acids is 1. The Morgan fingerprint density at radius 1 is 1.07 bits per heavy atom. The largest absolute Gasteiger partial charge is 0.497 e. The van der Waals surface area contributed by atoms with Gasteiger partial charge in [-0.15, -0.1) is 0 Å². The van der Waals surface area contributed by atoms with E-state index < -0.39 is 0 Å². The van der Waals surface area contributed by atoms with Gasteiger partial charge >= 0.3 is 0 Å². The average molecular weight is 398 g/mol. The van der Waals surface area contributed by atoms with Gasteiger partial charge in [-0.05, 0) is 42.8 Å². The summed E-state index contributed by atoms with van der Waals surface area (Å²) < 4.78 is 5.19. The van der Waals surface area contributed by atoms with Crippen LogP contribution in [0.1, 0.15) is 5.56 Å². The highest BCUT2D eigenvalue weighted by Crippen LogP contribution is 2.32. The predicted molar refractivity (Wildman–Crippen MR) is 110 cm³/mol. The highest BCUT2D eigenvalue weighted by atomic mass is 32.2. The molecular weight excluding hydrogens is 378 g/mol. The number of aryl methyl sites for hydroxylation is 1. The molecular formula is C20H19N3O2S2. The topological polar surface area (TPSA) is 64.1 Å². The van der Waals surface area contributed by atoms with Crippen molar-refractivity contribution in [3.05, 3.63) is 66.5 Å². The lowest BCUT2D eigenvalue weighted by atomic mass is 10.2. The van der Waals surface area contributed by atoms with E-state index in [4.69, 9.17) is 4.74 Å². The van der Waals surface area contributed by atoms with Crippen LogP contribution >= 0.6 is 23.5 Å². The summed E-state index contributed by atoms with van der Waals surface area (Å²) in [6.45, 7) is 1.93. The second kappa shape index (κ2) is 9.43. The minimum Gasteiger partial charge on any atom is -0.497 e. The molecule has 5 nitrogen and oxygen atoms in total. The first kappa shape index (κ1) is 19.3. The van der Waals surface area contributed by atoms with Crippen molar-refractivity contribution >= 4 is 35.1 Å². The molecule has 0 spiro atoms. The van der Waals surface area contributed by atoms with Crippen molar-refractivity contribution in [3.8, 4) is 5.75 Å². The van der Waals surface area contributed by atoms with Gasteiger partial charge in [0.1, 0.15) is 15.8 Å². The highest BCUT2D eigenvalue weighted by Gasteiger charge is 2.11. The normalized spacial score (nSPS) is 10.4. The fourth-order valence-corrected chi connectivity index (χ4v) is 4.03. The van der Waals surface area contributed by atoms with Crippen LogP contribution in [0.3, 0.4) is 0 Å². The number of anilines is 1. The second-order valence-electron chi connectivity index (χ2n) is 5.60. The lowest BCUT2D eigenvalue weighted by Crippen LogP contribution is -2.15. The Hall–Kier alpha value is -2.51. The third kappa shape index (κ3) is 5.48. The fraction of sp³-hybridized carbons (Fsp3) is 0.150. The van der Waals surface area contributed by atoms with Gasteiger partial charge in [-0.1, -0.05) is 41.7 Å². The van der Waals surface area contributed by atoms with Crippen LogP contribution in [0.25, 0.3) is 0 Å². The van der Waals surface area contributed by atoms with Gasteiger partial charge in [0.25, 0.3) is 0 Å². The van der Waals surface area contributed by atoms with Crippen LogP contribution in [0.5, 0.6) is 5.75 Å². The molecule has 3 rings (SSSR count). The van der Waals surface area contributed by atoms with E-state index in [-0.39, 0.29) is 11.7 Å². The van der Waals surface area contributed by atoms with Gasteiger partial charge in [0, 0.05) is 23.0 Å². The number of aromatic nitrogens is 2. The predicted octanol–water partition coefficient (Wildman–Crippen LogP) is 4.68. The maximum absolute atomic E-state index is 12.3. The highest BCUT2D eigenvalue weighted by molar-refractivity contribution is 8.02. The molecule has 0 bridgehead atoms. The lowest BCUT2D eigenvalue weighted by molar-refractivity contribution is -0.113. The maximum atomic E-state index is 12.3. The van der Waals surface area contributed by atoms with Crippen LogP contribution in [-0.2, 0) is 4.79 Å². The van der Waals surface area contributed by atoms with Crippen molar-refractivity contribution in [2.24, 2.45) is 0 Å². The average Bonchev–Trinajstić information content (AvgIpc) is 2.69. The Kier molecular flexibility index (Phi) is 6.73. The molecule has 0 unspecified atom stereocenters. The standard InChI is InChI=1S/C20H19N3O2S2/c1-14-12-15(25-2)8-9-17(14)23-18(24)13-26-19-20(22-11-10-21-19)27-16-6-4-3-5-7-16/h3-12H,13H2,1-2H3,(H,23,24). The van der Waals surface area contributed by atoms with E-state index in [0.717, 1.165) is 31.9 Å². The summed E-state index contributed by atoms with van der Waals surface area (Å²) in [5, 5.41) is 4.47. The summed E-state index contributed by atoms with van der Waals surface area (Å²) in [5.74, 6) is 0.934. The van der Waals surface area contributed by atoms with E-state index in [1.165, 1.54) is 23.5 Å². The lowest BCUT2D eigenvalue weighted by Gasteiger charge is -2.10. The van der Waals surface area contributed by atoms with E-state index in [2.05, 4.69) is 15.3 Å². The summed E-state index contributed by atoms with van der Waals surface area (Å²) >= 11 is 2.91. The third-order valence-corrected chi connectivity index (χ3v) is 5.75. The summed E-state index contributed by atoms with van der Waals surface area (Å²) in [6.07, 6.45) is 3.30. The van der Waals surface area contributed by atoms with Gasteiger partial charge in [0.05, 0.1) is 12.9 Å². The molecule has 0 fully saturated rings. The number of ether oxygens (including phenoxy) is 1. The van der Waals surface area contributed by atoms with E-state index in [0.29, 0.717) is 0 Å². The van der Waals surface area contributed by atoms with Gasteiger partial charge in [0.2, 0.25) is 5.91 Å². The van der Waals surface area contributed by atoms with Crippen molar-refractivity contribution in [3.63, 3.8) is 0 Å². The number of nitrogens with zero attached hydrogens (tertiary/aromatic N) is 2. The zero-order valence-electron chi connectivity index (χ0n) is 15.0. The Balaban J connectivity index is 1.62. The Morgan fingerprint density at radius 3 is 2.52 bits per heavy atom. The van der Waals surface area contributed by atoms with E-state index >= 15 is 0 Å². The number of hydrogen-bond donors (Lipinski definition) is 1. The van der Waals surface area contributed by atoms with Crippen molar-refractivity contribution in [1.82, 2.24) is 9.97 Å². The van der Waals surface area contributed by atoms with Gasteiger partial charge in [-0.25, -0.2) is 9.97 Å². The summed E-state index contributed by atoms with van der Waals surface area (Å²) in [6, 6.07) is 15.5. The van der Waals surface area contributed by atoms with Crippen LogP contribution in [-0.4, -0.2) is 28.7 Å². The number of thioether (sulfide) groups is 1. The SMILES string of the molecule is COc1ccc(NC(=O)CSc2nccnc2Sc2ccccc2)c(C)c1. The zero-order valence-corrected chi connectivity index (χ0v) is 16.6. The van der Waals surface area contributed by atoms with E-state index in [9.17, 15) is 4.79 Å². The number of rotatable bonds is 7. The smallest absolute Gasteiger partial charge is 0.234 e. The molecule has 138 valence electrons. The van der Waals surface area contributed by atoms with Gasteiger partial charge in [-0.3, -0.25) is 4.79 Å². The van der Waals surface area contributed by atoms with Crippen molar-refractivity contribution < 1.29 is 9.53 Å². The van der Waals surface area contributed by atoms with Crippen LogP contribution in [0, 0.1) is 6.92 Å². The molecule has 27 heavy (non-hydrogen) atoms. The molecule has 1 heterocycles. The van der Waals surface area contributed by atoms with Crippen LogP contribution in [0.15, 0.2) is 75.9 Å². The summed E-state index contributed by atoms with van der Waals surface area (Å²) in [7, 11) is 1.62. The van der Waals surface area contributed by atoms with Crippen LogP contribution in [0.2, 0.25) is 0 Å². The zero-order chi connectivity index (χ0) is 19.1. The number of carbonyl (C=O) groups is 1. The molecule has 3 aromatic rings. The van der Waals surface area contributed by atoms with Gasteiger partial charge in [0.15, 0.2) is 0 Å². The molecule has 2 aromatic carbocycles. The molecule has 0 aliphatic carbocycles. The number of benzene rings is 2. The molecule has 0 atom stereocenters. The first-order valence-corrected chi connectivity index (χ1v) is 10.1. The number of methoxy groups -OCH3 is 1. The fourth-order valence-electron chi connectivity index (χ4n) is 2.31. The minimum absolute atomic E-state index is 0.0884. The molecule has 0 saturated carbocycles. The quantitative estimate of drug-likeness (QED) is 0.584. The molecule has 1 N–H and O–H groups in total. The van der Waals surface area contributed by atoms with Gasteiger partial charge < -0.3 is 10.1 Å². The summed E-state index contributed by atoms with van der Waals surface area (Å²) in [4.78, 5) is 22.2. The minimum atomic E-state index is -0.0884. The molecule has 0 saturated heterocycles. The Morgan fingerprint density at radius 2 is 1.81 bits per heavy atom. The van der Waals surface area contributed by atoms with E-state index in [1.807, 2.05) is 55.5 Å². The van der Waals surface area contributed by atoms with Gasteiger partial charge in [-0.2, -0.15) is 0 Å². The third-order valence-electron chi connectivity index (χ3n) is 3.64. The first-order valence-electron chi connectivity index (χ1n) is 8.27. The Bertz CT molecular complexity index is 920. The number of amides is 1. The molecule has 0 aliphatic heterocycles. The van der Waals surface area contributed by atoms with Crippen LogP contribution in [0.4, 0.5) is 5.69 Å². The van der Waals surface area contributed by atoms with Crippen molar-refractivity contribution in [2.75, 3.05) is 18.2 Å². The molecule has 1 amide bonds.